The molecule has 0 aromatic heterocycles. The van der Waals surface area contributed by atoms with E-state index in [1.54, 1.807) is 0 Å². The van der Waals surface area contributed by atoms with Crippen molar-refractivity contribution in [2.24, 2.45) is 5.73 Å². The topological polar surface area (TPSA) is 55.5 Å². The van der Waals surface area contributed by atoms with E-state index in [1.807, 2.05) is 0 Å². The summed E-state index contributed by atoms with van der Waals surface area (Å²) >= 11 is 0. The van der Waals surface area contributed by atoms with Gasteiger partial charge in [0, 0.05) is 12.6 Å². The molecule has 1 unspecified atom stereocenters. The Morgan fingerprint density at radius 1 is 1.70 bits per heavy atom. The quantitative estimate of drug-likeness (QED) is 0.582. The van der Waals surface area contributed by atoms with E-state index in [2.05, 4.69) is 0 Å². The summed E-state index contributed by atoms with van der Waals surface area (Å²) < 4.78 is 5.33. The zero-order chi connectivity index (χ0) is 7.40. The Hall–Kier alpha value is -0.120. The van der Waals surface area contributed by atoms with Crippen LogP contribution in [0.3, 0.4) is 0 Å². The molecule has 2 atom stereocenters. The van der Waals surface area contributed by atoms with Crippen molar-refractivity contribution < 1.29 is 9.84 Å². The van der Waals surface area contributed by atoms with Gasteiger partial charge in [0.2, 0.25) is 0 Å². The second kappa shape index (κ2) is 3.91. The first-order valence-electron chi connectivity index (χ1n) is 3.81. The highest BCUT2D eigenvalue weighted by molar-refractivity contribution is 4.71. The minimum Gasteiger partial charge on any atom is -0.395 e. The molecule has 10 heavy (non-hydrogen) atoms. The molecule has 0 aromatic carbocycles. The Labute approximate surface area is 61.2 Å². The smallest absolute Gasteiger partial charge is 0.0591 e. The summed E-state index contributed by atoms with van der Waals surface area (Å²) in [6.07, 6.45) is 3.36. The van der Waals surface area contributed by atoms with Gasteiger partial charge in [-0.3, -0.25) is 0 Å². The van der Waals surface area contributed by atoms with Crippen LogP contribution in [0.25, 0.3) is 0 Å². The number of nitrogens with two attached hydrogens (primary N) is 1. The van der Waals surface area contributed by atoms with Gasteiger partial charge in [-0.15, -0.1) is 0 Å². The summed E-state index contributed by atoms with van der Waals surface area (Å²) in [5, 5.41) is 8.61. The monoisotopic (exact) mass is 145 g/mol. The molecular weight excluding hydrogens is 130 g/mol. The molecule has 0 spiro atoms. The fourth-order valence-electron chi connectivity index (χ4n) is 1.24. The van der Waals surface area contributed by atoms with Crippen molar-refractivity contribution >= 4 is 0 Å². The van der Waals surface area contributed by atoms with Gasteiger partial charge >= 0.3 is 0 Å². The predicted molar refractivity (Wildman–Crippen MR) is 38.7 cm³/mol. The molecule has 1 heterocycles. The largest absolute Gasteiger partial charge is 0.395 e. The summed E-state index contributed by atoms with van der Waals surface area (Å²) in [5.74, 6) is 0. The van der Waals surface area contributed by atoms with Gasteiger partial charge in [-0.2, -0.15) is 0 Å². The summed E-state index contributed by atoms with van der Waals surface area (Å²) in [6, 6.07) is -0.0944. The number of aliphatic hydroxyl groups is 1. The first kappa shape index (κ1) is 7.98. The summed E-state index contributed by atoms with van der Waals surface area (Å²) in [5.41, 5.74) is 5.52. The molecule has 0 amide bonds. The molecule has 1 aliphatic rings. The maximum Gasteiger partial charge on any atom is 0.0591 e. The Bertz CT molecular complexity index is 91.6. The van der Waals surface area contributed by atoms with E-state index in [4.69, 9.17) is 15.6 Å². The number of hydrogen-bond acceptors (Lipinski definition) is 3. The third-order valence-electron chi connectivity index (χ3n) is 1.82. The van der Waals surface area contributed by atoms with E-state index >= 15 is 0 Å². The van der Waals surface area contributed by atoms with E-state index in [-0.39, 0.29) is 12.6 Å². The number of rotatable bonds is 3. The molecule has 0 radical (unpaired) electrons. The summed E-state index contributed by atoms with van der Waals surface area (Å²) in [6.45, 7) is 0.933. The lowest BCUT2D eigenvalue weighted by atomic mass is 10.1. The Morgan fingerprint density at radius 3 is 3.00 bits per heavy atom. The highest BCUT2D eigenvalue weighted by atomic mass is 16.5. The highest BCUT2D eigenvalue weighted by Crippen LogP contribution is 2.15. The van der Waals surface area contributed by atoms with Gasteiger partial charge in [0.15, 0.2) is 0 Å². The van der Waals surface area contributed by atoms with Crippen molar-refractivity contribution in [2.45, 2.75) is 31.4 Å². The first-order valence-corrected chi connectivity index (χ1v) is 3.81. The lowest BCUT2D eigenvalue weighted by Gasteiger charge is -2.12. The maximum absolute atomic E-state index is 8.61. The molecule has 3 nitrogen and oxygen atoms in total. The summed E-state index contributed by atoms with van der Waals surface area (Å²) in [4.78, 5) is 0. The molecule has 1 aliphatic heterocycles. The van der Waals surface area contributed by atoms with Gasteiger partial charge in [0.25, 0.3) is 0 Å². The predicted octanol–water partition coefficient (Wildman–Crippen LogP) is -0.125. The van der Waals surface area contributed by atoms with E-state index in [0.717, 1.165) is 25.9 Å². The molecule has 60 valence electrons. The average molecular weight is 145 g/mol. The van der Waals surface area contributed by atoms with Crippen LogP contribution in [0.1, 0.15) is 19.3 Å². The van der Waals surface area contributed by atoms with Crippen LogP contribution in [0.2, 0.25) is 0 Å². The van der Waals surface area contributed by atoms with E-state index in [0.29, 0.717) is 6.10 Å². The van der Waals surface area contributed by atoms with Gasteiger partial charge in [0.05, 0.1) is 12.7 Å². The van der Waals surface area contributed by atoms with Gasteiger partial charge in [0.1, 0.15) is 0 Å². The molecule has 3 heteroatoms. The molecule has 1 fully saturated rings. The first-order chi connectivity index (χ1) is 4.83. The van der Waals surface area contributed by atoms with Crippen molar-refractivity contribution in [1.29, 1.82) is 0 Å². The zero-order valence-corrected chi connectivity index (χ0v) is 6.12. The van der Waals surface area contributed by atoms with E-state index < -0.39 is 0 Å². The molecule has 0 aromatic rings. The van der Waals surface area contributed by atoms with Crippen LogP contribution in [0.5, 0.6) is 0 Å². The Kier molecular flexibility index (Phi) is 3.12. The van der Waals surface area contributed by atoms with Crippen molar-refractivity contribution in [1.82, 2.24) is 0 Å². The molecule has 0 bridgehead atoms. The van der Waals surface area contributed by atoms with Crippen molar-refractivity contribution in [2.75, 3.05) is 13.2 Å². The van der Waals surface area contributed by atoms with Crippen molar-refractivity contribution in [3.8, 4) is 0 Å². The number of hydrogen-bond donors (Lipinski definition) is 2. The second-order valence-corrected chi connectivity index (χ2v) is 2.81. The van der Waals surface area contributed by atoms with Crippen LogP contribution < -0.4 is 5.73 Å². The standard InChI is InChI=1S/C7H15NO2/c8-6(5-9)4-7-2-1-3-10-7/h6-7,9H,1-5,8H2/t6-,7?/m1/s1. The van der Waals surface area contributed by atoms with Gasteiger partial charge in [-0.05, 0) is 19.3 Å². The lowest BCUT2D eigenvalue weighted by molar-refractivity contribution is 0.0906. The SMILES string of the molecule is N[C@@H](CO)CC1CCCO1. The van der Waals surface area contributed by atoms with Crippen LogP contribution in [-0.2, 0) is 4.74 Å². The summed E-state index contributed by atoms with van der Waals surface area (Å²) in [7, 11) is 0. The molecule has 1 saturated heterocycles. The van der Waals surface area contributed by atoms with Gasteiger partial charge < -0.3 is 15.6 Å². The highest BCUT2D eigenvalue weighted by Gasteiger charge is 2.17. The fraction of sp³-hybridized carbons (Fsp3) is 1.00. The van der Waals surface area contributed by atoms with E-state index in [9.17, 15) is 0 Å². The number of aliphatic hydroxyl groups excluding tert-OH is 1. The minimum atomic E-state index is -0.0944. The van der Waals surface area contributed by atoms with Crippen molar-refractivity contribution in [3.63, 3.8) is 0 Å². The maximum atomic E-state index is 8.61. The average Bonchev–Trinajstić information content (AvgIpc) is 2.40. The van der Waals surface area contributed by atoms with Crippen LogP contribution >= 0.6 is 0 Å². The molecule has 0 saturated carbocycles. The minimum absolute atomic E-state index is 0.0693. The van der Waals surface area contributed by atoms with Crippen LogP contribution in [0, 0.1) is 0 Å². The van der Waals surface area contributed by atoms with Crippen LogP contribution in [0.15, 0.2) is 0 Å². The van der Waals surface area contributed by atoms with Gasteiger partial charge in [-0.25, -0.2) is 0 Å². The third-order valence-corrected chi connectivity index (χ3v) is 1.82. The Morgan fingerprint density at radius 2 is 2.50 bits per heavy atom. The lowest BCUT2D eigenvalue weighted by Crippen LogP contribution is -2.29. The fourth-order valence-corrected chi connectivity index (χ4v) is 1.24. The second-order valence-electron chi connectivity index (χ2n) is 2.81. The van der Waals surface area contributed by atoms with Crippen LogP contribution in [0.4, 0.5) is 0 Å². The van der Waals surface area contributed by atoms with Crippen LogP contribution in [-0.4, -0.2) is 30.5 Å². The normalized spacial score (nSPS) is 28.8. The third kappa shape index (κ3) is 2.25. The van der Waals surface area contributed by atoms with E-state index in [1.165, 1.54) is 0 Å². The number of ether oxygens (including phenoxy) is 1. The van der Waals surface area contributed by atoms with Crippen molar-refractivity contribution in [3.05, 3.63) is 0 Å². The molecule has 3 N–H and O–H groups in total. The molecular formula is C7H15NO2. The molecule has 1 rings (SSSR count). The molecule has 0 aliphatic carbocycles. The van der Waals surface area contributed by atoms with Gasteiger partial charge in [-0.1, -0.05) is 0 Å². The zero-order valence-electron chi connectivity index (χ0n) is 6.12. The Balaban J connectivity index is 2.11.